The Morgan fingerprint density at radius 3 is 2.57 bits per heavy atom. The van der Waals surface area contributed by atoms with Gasteiger partial charge in [0.25, 0.3) is 0 Å². The molecule has 0 bridgehead atoms. The lowest BCUT2D eigenvalue weighted by Gasteiger charge is -2.47. The monoisotopic (exact) mass is 196 g/mol. The van der Waals surface area contributed by atoms with Gasteiger partial charge in [0, 0.05) is 12.6 Å². The minimum atomic E-state index is 0.391. The van der Waals surface area contributed by atoms with Crippen LogP contribution in [-0.4, -0.2) is 31.1 Å². The molecule has 0 aromatic heterocycles. The van der Waals surface area contributed by atoms with Crippen LogP contribution in [0.25, 0.3) is 0 Å². The van der Waals surface area contributed by atoms with Gasteiger partial charge in [-0.1, -0.05) is 12.8 Å². The zero-order valence-corrected chi connectivity index (χ0v) is 9.63. The summed E-state index contributed by atoms with van der Waals surface area (Å²) < 4.78 is 0. The summed E-state index contributed by atoms with van der Waals surface area (Å²) in [5.74, 6) is 0.779. The van der Waals surface area contributed by atoms with Crippen molar-refractivity contribution >= 4 is 0 Å². The number of hydrogen-bond acceptors (Lipinski definition) is 2. The highest BCUT2D eigenvalue weighted by Crippen LogP contribution is 2.49. The molecule has 2 nitrogen and oxygen atoms in total. The van der Waals surface area contributed by atoms with Crippen LogP contribution in [0.1, 0.15) is 39.0 Å². The molecule has 1 aliphatic carbocycles. The predicted octanol–water partition coefficient (Wildman–Crippen LogP) is 1.85. The van der Waals surface area contributed by atoms with Gasteiger partial charge >= 0.3 is 0 Å². The third-order valence-corrected chi connectivity index (χ3v) is 4.43. The quantitative estimate of drug-likeness (QED) is 0.693. The zero-order valence-electron chi connectivity index (χ0n) is 9.63. The third kappa shape index (κ3) is 1.70. The molecule has 1 spiro atoms. The topological polar surface area (TPSA) is 29.3 Å². The molecule has 2 N–H and O–H groups in total. The van der Waals surface area contributed by atoms with E-state index in [4.69, 9.17) is 5.73 Å². The molecular formula is C12H24N2. The number of nitrogens with two attached hydrogens (primary N) is 1. The van der Waals surface area contributed by atoms with Crippen LogP contribution in [0.4, 0.5) is 0 Å². The van der Waals surface area contributed by atoms with Crippen molar-refractivity contribution in [2.24, 2.45) is 17.1 Å². The van der Waals surface area contributed by atoms with Gasteiger partial charge in [-0.05, 0) is 51.1 Å². The number of hydrogen-bond donors (Lipinski definition) is 1. The molecule has 1 heterocycles. The van der Waals surface area contributed by atoms with Crippen molar-refractivity contribution in [1.82, 2.24) is 4.90 Å². The molecule has 0 aromatic rings. The first-order valence-electron chi connectivity index (χ1n) is 6.08. The normalized spacial score (nSPS) is 34.9. The Bertz CT molecular complexity index is 194. The summed E-state index contributed by atoms with van der Waals surface area (Å²) in [6.45, 7) is 4.74. The fourth-order valence-electron chi connectivity index (χ4n) is 3.83. The van der Waals surface area contributed by atoms with Crippen LogP contribution in [0, 0.1) is 11.3 Å². The smallest absolute Gasteiger partial charge is 0.00450 e. The Kier molecular flexibility index (Phi) is 2.85. The van der Waals surface area contributed by atoms with Gasteiger partial charge in [-0.3, -0.25) is 0 Å². The minimum Gasteiger partial charge on any atom is -0.328 e. The van der Waals surface area contributed by atoms with E-state index in [9.17, 15) is 0 Å². The summed E-state index contributed by atoms with van der Waals surface area (Å²) in [4.78, 5) is 2.50. The number of rotatable bonds is 1. The summed E-state index contributed by atoms with van der Waals surface area (Å²) in [7, 11) is 2.26. The molecule has 14 heavy (non-hydrogen) atoms. The van der Waals surface area contributed by atoms with Crippen LogP contribution < -0.4 is 5.73 Å². The van der Waals surface area contributed by atoms with Gasteiger partial charge in [0.1, 0.15) is 0 Å². The Labute approximate surface area is 87.8 Å². The third-order valence-electron chi connectivity index (χ3n) is 4.43. The van der Waals surface area contributed by atoms with Crippen molar-refractivity contribution in [3.05, 3.63) is 0 Å². The first-order chi connectivity index (χ1) is 6.64. The second-order valence-corrected chi connectivity index (χ2v) is 5.56. The number of nitrogens with zero attached hydrogens (tertiary/aromatic N) is 1. The summed E-state index contributed by atoms with van der Waals surface area (Å²) in [5, 5.41) is 0. The highest BCUT2D eigenvalue weighted by atomic mass is 15.1. The van der Waals surface area contributed by atoms with Crippen molar-refractivity contribution < 1.29 is 0 Å². The lowest BCUT2D eigenvalue weighted by molar-refractivity contribution is 0.0335. The van der Waals surface area contributed by atoms with E-state index in [0.29, 0.717) is 11.5 Å². The average molecular weight is 196 g/mol. The van der Waals surface area contributed by atoms with Gasteiger partial charge in [0.15, 0.2) is 0 Å². The van der Waals surface area contributed by atoms with E-state index < -0.39 is 0 Å². The molecule has 2 heteroatoms. The number of piperidine rings is 1. The Hall–Kier alpha value is -0.0800. The van der Waals surface area contributed by atoms with Gasteiger partial charge in [0.2, 0.25) is 0 Å². The Balaban J connectivity index is 2.14. The molecule has 0 radical (unpaired) electrons. The van der Waals surface area contributed by atoms with E-state index in [2.05, 4.69) is 18.9 Å². The SMILES string of the molecule is CC(N)C1CCN(C)CC12CCCC2. The van der Waals surface area contributed by atoms with E-state index in [1.165, 1.54) is 45.2 Å². The molecule has 0 amide bonds. The maximum Gasteiger partial charge on any atom is 0.00450 e. The maximum atomic E-state index is 6.15. The van der Waals surface area contributed by atoms with Crippen molar-refractivity contribution in [2.75, 3.05) is 20.1 Å². The molecule has 2 rings (SSSR count). The molecule has 2 atom stereocenters. The van der Waals surface area contributed by atoms with Gasteiger partial charge in [-0.15, -0.1) is 0 Å². The van der Waals surface area contributed by atoms with E-state index in [1.54, 1.807) is 0 Å². The zero-order chi connectivity index (χ0) is 10.2. The van der Waals surface area contributed by atoms with Gasteiger partial charge in [-0.25, -0.2) is 0 Å². The Morgan fingerprint density at radius 2 is 2.00 bits per heavy atom. The van der Waals surface area contributed by atoms with E-state index in [1.807, 2.05) is 0 Å². The number of likely N-dealkylation sites (tertiary alicyclic amines) is 1. The van der Waals surface area contributed by atoms with Crippen LogP contribution in [0.5, 0.6) is 0 Å². The van der Waals surface area contributed by atoms with Gasteiger partial charge in [0.05, 0.1) is 0 Å². The first-order valence-corrected chi connectivity index (χ1v) is 6.08. The highest BCUT2D eigenvalue weighted by molar-refractivity contribution is 4.98. The van der Waals surface area contributed by atoms with Crippen molar-refractivity contribution in [3.8, 4) is 0 Å². The second-order valence-electron chi connectivity index (χ2n) is 5.56. The molecular weight excluding hydrogens is 172 g/mol. The van der Waals surface area contributed by atoms with Crippen LogP contribution in [-0.2, 0) is 0 Å². The second kappa shape index (κ2) is 3.82. The summed E-state index contributed by atoms with van der Waals surface area (Å²) in [6.07, 6.45) is 7.01. The molecule has 0 aromatic carbocycles. The van der Waals surface area contributed by atoms with E-state index >= 15 is 0 Å². The summed E-state index contributed by atoms with van der Waals surface area (Å²) in [6, 6.07) is 0.391. The lowest BCUT2D eigenvalue weighted by Crippen LogP contribution is -2.51. The van der Waals surface area contributed by atoms with Crippen LogP contribution >= 0.6 is 0 Å². The van der Waals surface area contributed by atoms with Crippen LogP contribution in [0.2, 0.25) is 0 Å². The van der Waals surface area contributed by atoms with Gasteiger partial charge < -0.3 is 10.6 Å². The maximum absolute atomic E-state index is 6.15. The van der Waals surface area contributed by atoms with Crippen LogP contribution in [0.15, 0.2) is 0 Å². The lowest BCUT2D eigenvalue weighted by atomic mass is 9.67. The van der Waals surface area contributed by atoms with Crippen LogP contribution in [0.3, 0.4) is 0 Å². The fraction of sp³-hybridized carbons (Fsp3) is 1.00. The average Bonchev–Trinajstić information content (AvgIpc) is 2.52. The first kappa shape index (κ1) is 10.4. The molecule has 2 fully saturated rings. The van der Waals surface area contributed by atoms with E-state index in [-0.39, 0.29) is 0 Å². The standard InChI is InChI=1S/C12H24N2/c1-10(13)11-5-8-14(2)9-12(11)6-3-4-7-12/h10-11H,3-9,13H2,1-2H3. The largest absolute Gasteiger partial charge is 0.328 e. The molecule has 1 saturated carbocycles. The summed E-state index contributed by atoms with van der Waals surface area (Å²) in [5.41, 5.74) is 6.73. The van der Waals surface area contributed by atoms with Crippen molar-refractivity contribution in [3.63, 3.8) is 0 Å². The predicted molar refractivity (Wildman–Crippen MR) is 60.2 cm³/mol. The molecule has 2 unspecified atom stereocenters. The molecule has 82 valence electrons. The van der Waals surface area contributed by atoms with E-state index in [0.717, 1.165) is 5.92 Å². The minimum absolute atomic E-state index is 0.391. The van der Waals surface area contributed by atoms with Crippen molar-refractivity contribution in [2.45, 2.75) is 45.1 Å². The molecule has 2 aliphatic rings. The summed E-state index contributed by atoms with van der Waals surface area (Å²) >= 11 is 0. The van der Waals surface area contributed by atoms with Crippen molar-refractivity contribution in [1.29, 1.82) is 0 Å². The van der Waals surface area contributed by atoms with Gasteiger partial charge in [-0.2, -0.15) is 0 Å². The highest BCUT2D eigenvalue weighted by Gasteiger charge is 2.45. The fourth-order valence-corrected chi connectivity index (χ4v) is 3.83. The Morgan fingerprint density at radius 1 is 1.36 bits per heavy atom. The molecule has 1 saturated heterocycles. The molecule has 1 aliphatic heterocycles.